The van der Waals surface area contributed by atoms with Gasteiger partial charge in [0.05, 0.1) is 6.04 Å². The molecule has 4 N–H and O–H groups in total. The molecule has 0 radical (unpaired) electrons. The molecule has 0 saturated carbocycles. The first kappa shape index (κ1) is 21.2. The van der Waals surface area contributed by atoms with E-state index in [4.69, 9.17) is 5.73 Å². The van der Waals surface area contributed by atoms with Gasteiger partial charge in [0.15, 0.2) is 0 Å². The number of fused-ring (bicyclic) bond motifs is 1. The van der Waals surface area contributed by atoms with Crippen LogP contribution in [0, 0.1) is 6.92 Å². The topological polar surface area (TPSA) is 118 Å². The van der Waals surface area contributed by atoms with Crippen molar-refractivity contribution in [3.8, 4) is 5.75 Å². The number of primary amides is 1. The third kappa shape index (κ3) is 5.11. The van der Waals surface area contributed by atoms with Gasteiger partial charge in [-0.3, -0.25) is 19.6 Å². The molecule has 1 aromatic carbocycles. The Bertz CT molecular complexity index is 1040. The third-order valence-corrected chi connectivity index (χ3v) is 5.06. The van der Waals surface area contributed by atoms with Gasteiger partial charge in [-0.2, -0.15) is 0 Å². The van der Waals surface area contributed by atoms with Gasteiger partial charge < -0.3 is 16.2 Å². The van der Waals surface area contributed by atoms with Crippen LogP contribution in [0.4, 0.5) is 0 Å². The number of pyridine rings is 2. The molecule has 2 aromatic heterocycles. The number of carbonyl (C=O) groups excluding carboxylic acids is 2. The second kappa shape index (κ2) is 9.82. The predicted octanol–water partition coefficient (Wildman–Crippen LogP) is 3.29. The van der Waals surface area contributed by atoms with Crippen molar-refractivity contribution in [1.29, 1.82) is 0 Å². The number of hydrogen-bond acceptors (Lipinski definition) is 5. The Morgan fingerprint density at radius 2 is 1.90 bits per heavy atom. The van der Waals surface area contributed by atoms with E-state index < -0.39 is 6.04 Å². The summed E-state index contributed by atoms with van der Waals surface area (Å²) in [6, 6.07) is 8.72. The van der Waals surface area contributed by atoms with Crippen molar-refractivity contribution in [2.24, 2.45) is 5.73 Å². The maximum absolute atomic E-state index is 12.6. The molecular formula is C23H26N4O3. The van der Waals surface area contributed by atoms with Gasteiger partial charge in [-0.25, -0.2) is 0 Å². The Balaban J connectivity index is 1.84. The van der Waals surface area contributed by atoms with Crippen molar-refractivity contribution in [2.75, 3.05) is 0 Å². The van der Waals surface area contributed by atoms with Crippen LogP contribution in [0.2, 0.25) is 0 Å². The molecule has 0 aliphatic carbocycles. The van der Waals surface area contributed by atoms with Gasteiger partial charge in [0, 0.05) is 42.4 Å². The van der Waals surface area contributed by atoms with Crippen molar-refractivity contribution < 1.29 is 14.7 Å². The molecule has 0 saturated heterocycles. The van der Waals surface area contributed by atoms with E-state index in [1.807, 2.05) is 31.2 Å². The highest BCUT2D eigenvalue weighted by molar-refractivity contribution is 5.89. The molecule has 0 aliphatic rings. The number of carbonyl (C=O) groups is 2. The molecular weight excluding hydrogens is 380 g/mol. The van der Waals surface area contributed by atoms with E-state index in [2.05, 4.69) is 15.3 Å². The van der Waals surface area contributed by atoms with Gasteiger partial charge in [0.1, 0.15) is 11.3 Å². The van der Waals surface area contributed by atoms with Crippen LogP contribution in [0.15, 0.2) is 48.9 Å². The summed E-state index contributed by atoms with van der Waals surface area (Å²) in [5.74, 6) is -0.417. The van der Waals surface area contributed by atoms with Gasteiger partial charge in [0.25, 0.3) is 0 Å². The third-order valence-electron chi connectivity index (χ3n) is 5.06. The summed E-state index contributed by atoms with van der Waals surface area (Å²) >= 11 is 0. The number of amides is 2. The van der Waals surface area contributed by atoms with Crippen molar-refractivity contribution in [3.63, 3.8) is 0 Å². The lowest BCUT2D eigenvalue weighted by Gasteiger charge is -2.22. The quantitative estimate of drug-likeness (QED) is 0.471. The minimum Gasteiger partial charge on any atom is -0.505 e. The molecule has 7 heteroatoms. The fourth-order valence-electron chi connectivity index (χ4n) is 3.53. The van der Waals surface area contributed by atoms with E-state index >= 15 is 0 Å². The van der Waals surface area contributed by atoms with Crippen molar-refractivity contribution in [2.45, 2.75) is 45.1 Å². The number of nitrogens with two attached hydrogens (primary N) is 1. The van der Waals surface area contributed by atoms with E-state index in [1.165, 1.54) is 0 Å². The molecule has 7 nitrogen and oxygen atoms in total. The Labute approximate surface area is 175 Å². The molecule has 3 aromatic rings. The van der Waals surface area contributed by atoms with Crippen LogP contribution in [0.5, 0.6) is 5.75 Å². The van der Waals surface area contributed by atoms with E-state index in [9.17, 15) is 14.7 Å². The van der Waals surface area contributed by atoms with E-state index in [0.717, 1.165) is 22.9 Å². The van der Waals surface area contributed by atoms with Crippen LogP contribution in [-0.4, -0.2) is 26.9 Å². The van der Waals surface area contributed by atoms with Crippen molar-refractivity contribution >= 4 is 22.7 Å². The van der Waals surface area contributed by atoms with E-state index in [1.54, 1.807) is 24.7 Å². The average molecular weight is 406 g/mol. The molecule has 0 aliphatic heterocycles. The summed E-state index contributed by atoms with van der Waals surface area (Å²) in [5.41, 5.74) is 7.95. The van der Waals surface area contributed by atoms with Crippen LogP contribution >= 0.6 is 0 Å². The molecule has 30 heavy (non-hydrogen) atoms. The van der Waals surface area contributed by atoms with Crippen LogP contribution in [0.3, 0.4) is 0 Å². The monoisotopic (exact) mass is 406 g/mol. The number of nitrogens with zero attached hydrogens (tertiary/aromatic N) is 2. The molecule has 1 atom stereocenters. The summed E-state index contributed by atoms with van der Waals surface area (Å²) in [5, 5.41) is 14.8. The highest BCUT2D eigenvalue weighted by atomic mass is 16.3. The Morgan fingerprint density at radius 1 is 1.13 bits per heavy atom. The fourth-order valence-corrected chi connectivity index (χ4v) is 3.53. The summed E-state index contributed by atoms with van der Waals surface area (Å²) in [6.07, 6.45) is 7.70. The molecule has 2 amide bonds. The van der Waals surface area contributed by atoms with Crippen LogP contribution in [-0.2, 0) is 9.59 Å². The number of phenolic OH excluding ortho intramolecular Hbond substituents is 1. The number of aryl methyl sites for hydroxylation is 1. The summed E-state index contributed by atoms with van der Waals surface area (Å²) in [7, 11) is 0. The number of rotatable bonds is 9. The first-order valence-electron chi connectivity index (χ1n) is 10.0. The maximum Gasteiger partial charge on any atom is 0.220 e. The molecule has 0 fully saturated rings. The largest absolute Gasteiger partial charge is 0.505 e. The molecule has 1 unspecified atom stereocenters. The zero-order valence-electron chi connectivity index (χ0n) is 17.0. The maximum atomic E-state index is 12.6. The van der Waals surface area contributed by atoms with Crippen LogP contribution in [0.1, 0.15) is 54.8 Å². The number of aromatic hydroxyl groups is 1. The standard InChI is InChI=1S/C23H26N4O3/c1-15-13-18(23(30)22-17(15)8-6-12-26-22)21(16-7-5-11-25-14-16)27-20(29)10-4-2-3-9-19(24)28/h5-8,11-14,21,30H,2-4,9-10H2,1H3,(H2,24,28)(H,27,29). The number of phenols is 1. The van der Waals surface area contributed by atoms with Crippen molar-refractivity contribution in [1.82, 2.24) is 15.3 Å². The van der Waals surface area contributed by atoms with E-state index in [-0.39, 0.29) is 17.6 Å². The number of unbranched alkanes of at least 4 members (excludes halogenated alkanes) is 2. The Morgan fingerprint density at radius 3 is 2.63 bits per heavy atom. The molecule has 0 bridgehead atoms. The normalized spacial score (nSPS) is 11.9. The number of benzene rings is 1. The van der Waals surface area contributed by atoms with Gasteiger partial charge in [-0.05, 0) is 49.1 Å². The van der Waals surface area contributed by atoms with Crippen LogP contribution in [0.25, 0.3) is 10.9 Å². The smallest absolute Gasteiger partial charge is 0.220 e. The van der Waals surface area contributed by atoms with Gasteiger partial charge in [-0.1, -0.05) is 18.6 Å². The first-order chi connectivity index (χ1) is 14.5. The molecule has 3 rings (SSSR count). The number of hydrogen-bond donors (Lipinski definition) is 3. The second-order valence-electron chi connectivity index (χ2n) is 7.34. The summed E-state index contributed by atoms with van der Waals surface area (Å²) in [6.45, 7) is 1.95. The SMILES string of the molecule is Cc1cc(C(NC(=O)CCCCCC(N)=O)c2cccnc2)c(O)c2ncccc12. The van der Waals surface area contributed by atoms with Gasteiger partial charge in [0.2, 0.25) is 11.8 Å². The van der Waals surface area contributed by atoms with Crippen molar-refractivity contribution in [3.05, 3.63) is 65.6 Å². The zero-order valence-corrected chi connectivity index (χ0v) is 17.0. The predicted molar refractivity (Wildman–Crippen MR) is 115 cm³/mol. The fraction of sp³-hybridized carbons (Fsp3) is 0.304. The lowest BCUT2D eigenvalue weighted by Crippen LogP contribution is -2.29. The Kier molecular flexibility index (Phi) is 6.95. The zero-order chi connectivity index (χ0) is 21.5. The minimum absolute atomic E-state index is 0.0480. The highest BCUT2D eigenvalue weighted by Gasteiger charge is 2.23. The number of nitrogens with one attached hydrogen (secondary N) is 1. The summed E-state index contributed by atoms with van der Waals surface area (Å²) < 4.78 is 0. The van der Waals surface area contributed by atoms with Gasteiger partial charge >= 0.3 is 0 Å². The molecule has 156 valence electrons. The van der Waals surface area contributed by atoms with E-state index in [0.29, 0.717) is 36.8 Å². The average Bonchev–Trinajstić information content (AvgIpc) is 2.75. The second-order valence-corrected chi connectivity index (χ2v) is 7.34. The Hall–Kier alpha value is -3.48. The first-order valence-corrected chi connectivity index (χ1v) is 10.0. The summed E-state index contributed by atoms with van der Waals surface area (Å²) in [4.78, 5) is 31.9. The lowest BCUT2D eigenvalue weighted by molar-refractivity contribution is -0.121. The van der Waals surface area contributed by atoms with Gasteiger partial charge in [-0.15, -0.1) is 0 Å². The minimum atomic E-state index is -0.554. The molecule has 0 spiro atoms. The lowest BCUT2D eigenvalue weighted by atomic mass is 9.94. The molecule has 2 heterocycles. The highest BCUT2D eigenvalue weighted by Crippen LogP contribution is 2.36. The number of aromatic nitrogens is 2. The van der Waals surface area contributed by atoms with Crippen LogP contribution < -0.4 is 11.1 Å².